The van der Waals surface area contributed by atoms with Gasteiger partial charge in [0.1, 0.15) is 6.10 Å². The molecule has 0 aromatic heterocycles. The largest absolute Gasteiger partial charge is 0.394 e. The molecule has 96 valence electrons. The molecule has 0 aromatic carbocycles. The van der Waals surface area contributed by atoms with Gasteiger partial charge >= 0.3 is 0 Å². The van der Waals surface area contributed by atoms with E-state index in [2.05, 4.69) is 0 Å². The fourth-order valence-corrected chi connectivity index (χ4v) is 2.77. The lowest BCUT2D eigenvalue weighted by Gasteiger charge is -2.21. The molecule has 1 heterocycles. The van der Waals surface area contributed by atoms with Gasteiger partial charge in [0.05, 0.1) is 18.5 Å². The van der Waals surface area contributed by atoms with Gasteiger partial charge in [0.15, 0.2) is 5.79 Å². The molecular formula is C9H18O6S. The van der Waals surface area contributed by atoms with Crippen molar-refractivity contribution in [2.24, 2.45) is 5.92 Å². The van der Waals surface area contributed by atoms with Crippen LogP contribution in [0.2, 0.25) is 0 Å². The standard InChI is InChI=1S/C9H18O6S/c1-6(5-16(11,12)13)8-7(4-10)14-9(2,3)15-8/h6-8,10H,4-5H2,1-3H3,(H,11,12,13)/t6-,7-,8-/m0/s1. The van der Waals surface area contributed by atoms with Crippen molar-refractivity contribution < 1.29 is 27.6 Å². The minimum atomic E-state index is -4.05. The van der Waals surface area contributed by atoms with Crippen molar-refractivity contribution >= 4 is 10.1 Å². The van der Waals surface area contributed by atoms with E-state index in [-0.39, 0.29) is 6.61 Å². The van der Waals surface area contributed by atoms with Crippen LogP contribution in [0.5, 0.6) is 0 Å². The highest BCUT2D eigenvalue weighted by Gasteiger charge is 2.44. The molecule has 1 fully saturated rings. The maximum Gasteiger partial charge on any atom is 0.265 e. The Morgan fingerprint density at radius 2 is 1.94 bits per heavy atom. The van der Waals surface area contributed by atoms with Gasteiger partial charge in [0, 0.05) is 5.92 Å². The first-order valence-corrected chi connectivity index (χ1v) is 6.67. The second kappa shape index (κ2) is 4.58. The van der Waals surface area contributed by atoms with Crippen molar-refractivity contribution in [2.45, 2.75) is 38.8 Å². The van der Waals surface area contributed by atoms with E-state index in [4.69, 9.17) is 19.1 Å². The monoisotopic (exact) mass is 254 g/mol. The van der Waals surface area contributed by atoms with Crippen LogP contribution in [-0.4, -0.2) is 48.4 Å². The van der Waals surface area contributed by atoms with Crippen LogP contribution in [0.1, 0.15) is 20.8 Å². The molecule has 16 heavy (non-hydrogen) atoms. The third-order valence-corrected chi connectivity index (χ3v) is 3.38. The molecular weight excluding hydrogens is 236 g/mol. The predicted molar refractivity (Wildman–Crippen MR) is 56.5 cm³/mol. The van der Waals surface area contributed by atoms with Crippen molar-refractivity contribution in [2.75, 3.05) is 12.4 Å². The van der Waals surface area contributed by atoms with E-state index in [0.29, 0.717) is 0 Å². The Morgan fingerprint density at radius 1 is 1.38 bits per heavy atom. The summed E-state index contributed by atoms with van der Waals surface area (Å²) in [6.07, 6.45) is -1.10. The third-order valence-electron chi connectivity index (χ3n) is 2.44. The van der Waals surface area contributed by atoms with Crippen LogP contribution in [-0.2, 0) is 19.6 Å². The van der Waals surface area contributed by atoms with Crippen molar-refractivity contribution in [3.8, 4) is 0 Å². The molecule has 0 bridgehead atoms. The second-order valence-electron chi connectivity index (χ2n) is 4.55. The van der Waals surface area contributed by atoms with Gasteiger partial charge in [-0.05, 0) is 13.8 Å². The van der Waals surface area contributed by atoms with E-state index in [9.17, 15) is 8.42 Å². The zero-order valence-corrected chi connectivity index (χ0v) is 10.4. The van der Waals surface area contributed by atoms with E-state index in [1.165, 1.54) is 0 Å². The summed E-state index contributed by atoms with van der Waals surface area (Å²) in [6, 6.07) is 0. The van der Waals surface area contributed by atoms with Crippen molar-refractivity contribution in [3.05, 3.63) is 0 Å². The van der Waals surface area contributed by atoms with E-state index in [1.807, 2.05) is 0 Å². The molecule has 6 nitrogen and oxygen atoms in total. The van der Waals surface area contributed by atoms with Gasteiger partial charge < -0.3 is 14.6 Å². The maximum absolute atomic E-state index is 10.8. The van der Waals surface area contributed by atoms with Crippen LogP contribution >= 0.6 is 0 Å². The van der Waals surface area contributed by atoms with Crippen molar-refractivity contribution in [1.29, 1.82) is 0 Å². The van der Waals surface area contributed by atoms with E-state index < -0.39 is 39.8 Å². The van der Waals surface area contributed by atoms with E-state index in [0.717, 1.165) is 0 Å². The molecule has 2 N–H and O–H groups in total. The second-order valence-corrected chi connectivity index (χ2v) is 6.04. The van der Waals surface area contributed by atoms with Crippen molar-refractivity contribution in [1.82, 2.24) is 0 Å². The molecule has 3 atom stereocenters. The average Bonchev–Trinajstić information content (AvgIpc) is 2.38. The molecule has 0 unspecified atom stereocenters. The molecule has 0 saturated carbocycles. The summed E-state index contributed by atoms with van der Waals surface area (Å²) < 4.78 is 41.2. The highest BCUT2D eigenvalue weighted by Crippen LogP contribution is 2.32. The number of aliphatic hydroxyl groups excluding tert-OH is 1. The Hall–Kier alpha value is -0.210. The van der Waals surface area contributed by atoms with Gasteiger partial charge in [-0.1, -0.05) is 6.92 Å². The number of rotatable bonds is 4. The smallest absolute Gasteiger partial charge is 0.265 e. The Kier molecular flexibility index (Phi) is 3.96. The maximum atomic E-state index is 10.8. The lowest BCUT2D eigenvalue weighted by molar-refractivity contribution is -0.151. The lowest BCUT2D eigenvalue weighted by Crippen LogP contribution is -2.35. The molecule has 0 radical (unpaired) electrons. The summed E-state index contributed by atoms with van der Waals surface area (Å²) in [6.45, 7) is 4.77. The van der Waals surface area contributed by atoms with Crippen LogP contribution in [0.4, 0.5) is 0 Å². The van der Waals surface area contributed by atoms with Crippen LogP contribution < -0.4 is 0 Å². The fraction of sp³-hybridized carbons (Fsp3) is 1.00. The van der Waals surface area contributed by atoms with Crippen LogP contribution in [0.25, 0.3) is 0 Å². The highest BCUT2D eigenvalue weighted by molar-refractivity contribution is 7.85. The van der Waals surface area contributed by atoms with E-state index >= 15 is 0 Å². The van der Waals surface area contributed by atoms with Gasteiger partial charge in [-0.25, -0.2) is 0 Å². The first kappa shape index (κ1) is 13.9. The summed E-state index contributed by atoms with van der Waals surface area (Å²) in [5, 5.41) is 9.10. The van der Waals surface area contributed by atoms with Gasteiger partial charge in [-0.2, -0.15) is 8.42 Å². The molecule has 0 spiro atoms. The Morgan fingerprint density at radius 3 is 2.38 bits per heavy atom. The minimum absolute atomic E-state index is 0.246. The molecule has 1 saturated heterocycles. The molecule has 0 aromatic rings. The first-order valence-electron chi connectivity index (χ1n) is 5.06. The molecule has 7 heteroatoms. The molecule has 0 amide bonds. The number of ether oxygens (including phenoxy) is 2. The quantitative estimate of drug-likeness (QED) is 0.687. The lowest BCUT2D eigenvalue weighted by atomic mass is 10.0. The number of hydrogen-bond acceptors (Lipinski definition) is 5. The zero-order valence-electron chi connectivity index (χ0n) is 9.58. The zero-order chi connectivity index (χ0) is 12.6. The third kappa shape index (κ3) is 3.67. The van der Waals surface area contributed by atoms with Crippen LogP contribution in [0.15, 0.2) is 0 Å². The van der Waals surface area contributed by atoms with Crippen LogP contribution in [0.3, 0.4) is 0 Å². The minimum Gasteiger partial charge on any atom is -0.394 e. The van der Waals surface area contributed by atoms with Crippen molar-refractivity contribution in [3.63, 3.8) is 0 Å². The summed E-state index contributed by atoms with van der Waals surface area (Å²) >= 11 is 0. The van der Waals surface area contributed by atoms with Gasteiger partial charge in [0.25, 0.3) is 10.1 Å². The molecule has 0 aliphatic carbocycles. The van der Waals surface area contributed by atoms with Gasteiger partial charge in [0.2, 0.25) is 0 Å². The molecule has 1 aliphatic heterocycles. The topological polar surface area (TPSA) is 93.1 Å². The Labute approximate surface area is 95.3 Å². The Bertz CT molecular complexity index is 336. The number of hydrogen-bond donors (Lipinski definition) is 2. The average molecular weight is 254 g/mol. The van der Waals surface area contributed by atoms with E-state index in [1.54, 1.807) is 20.8 Å². The Balaban J connectivity index is 2.72. The normalized spacial score (nSPS) is 31.6. The summed E-state index contributed by atoms with van der Waals surface area (Å²) in [5.41, 5.74) is 0. The number of aliphatic hydroxyl groups is 1. The molecule has 1 aliphatic rings. The fourth-order valence-electron chi connectivity index (χ4n) is 1.91. The summed E-state index contributed by atoms with van der Waals surface area (Å²) in [7, 11) is -4.05. The SMILES string of the molecule is C[C@@H](CS(=O)(=O)O)[C@@H]1OC(C)(C)O[C@H]1CO. The van der Waals surface area contributed by atoms with Gasteiger partial charge in [-0.15, -0.1) is 0 Å². The molecule has 1 rings (SSSR count). The predicted octanol–water partition coefficient (Wildman–Crippen LogP) is 0.0227. The highest BCUT2D eigenvalue weighted by atomic mass is 32.2. The first-order chi connectivity index (χ1) is 7.14. The van der Waals surface area contributed by atoms with Gasteiger partial charge in [-0.3, -0.25) is 4.55 Å². The van der Waals surface area contributed by atoms with Crippen LogP contribution in [0, 0.1) is 5.92 Å². The summed E-state index contributed by atoms with van der Waals surface area (Å²) in [4.78, 5) is 0. The summed E-state index contributed by atoms with van der Waals surface area (Å²) in [5.74, 6) is -1.70.